The third-order valence-electron chi connectivity index (χ3n) is 6.42. The third kappa shape index (κ3) is 2.43. The smallest absolute Gasteiger partial charge is 0.237 e. The van der Waals surface area contributed by atoms with Crippen LogP contribution < -0.4 is 4.90 Å². The van der Waals surface area contributed by atoms with Gasteiger partial charge in [0.1, 0.15) is 0 Å². The van der Waals surface area contributed by atoms with E-state index < -0.39 is 5.41 Å². The van der Waals surface area contributed by atoms with Gasteiger partial charge in [-0.05, 0) is 41.5 Å². The van der Waals surface area contributed by atoms with Gasteiger partial charge in [0, 0.05) is 18.5 Å². The summed E-state index contributed by atoms with van der Waals surface area (Å²) >= 11 is 0. The van der Waals surface area contributed by atoms with E-state index in [2.05, 4.69) is 69.8 Å². The van der Waals surface area contributed by atoms with Gasteiger partial charge in [-0.15, -0.1) is 6.58 Å². The summed E-state index contributed by atoms with van der Waals surface area (Å²) in [5, 5.41) is 0. The highest BCUT2D eigenvalue weighted by Crippen LogP contribution is 2.61. The second-order valence-corrected chi connectivity index (χ2v) is 8.75. The van der Waals surface area contributed by atoms with Gasteiger partial charge in [0.05, 0.1) is 11.1 Å². The highest BCUT2D eigenvalue weighted by molar-refractivity contribution is 6.17. The zero-order chi connectivity index (χ0) is 19.4. The maximum atomic E-state index is 13.6. The monoisotopic (exact) mass is 357 g/mol. The molecule has 0 radical (unpaired) electrons. The van der Waals surface area contributed by atoms with E-state index in [0.717, 1.165) is 12.1 Å². The lowest BCUT2D eigenvalue weighted by molar-refractivity contribution is -0.126. The van der Waals surface area contributed by atoms with E-state index in [4.69, 9.17) is 0 Å². The summed E-state index contributed by atoms with van der Waals surface area (Å²) in [6, 6.07) is 18.8. The maximum Gasteiger partial charge on any atom is 0.237 e. The third-order valence-corrected chi connectivity index (χ3v) is 6.42. The summed E-state index contributed by atoms with van der Waals surface area (Å²) in [5.41, 5.74) is 5.17. The Balaban J connectivity index is 2.16. The lowest BCUT2D eigenvalue weighted by Crippen LogP contribution is -2.51. The first-order valence-corrected chi connectivity index (χ1v) is 9.61. The molecule has 2 unspecified atom stereocenters. The quantitative estimate of drug-likeness (QED) is 0.621. The largest absolute Gasteiger partial charge is 0.314 e. The van der Waals surface area contributed by atoms with E-state index in [1.54, 1.807) is 0 Å². The van der Waals surface area contributed by atoms with Crippen LogP contribution in [0.25, 0.3) is 11.1 Å². The van der Waals surface area contributed by atoms with Crippen molar-refractivity contribution in [1.29, 1.82) is 0 Å². The van der Waals surface area contributed by atoms with Crippen molar-refractivity contribution >= 4 is 22.7 Å². The number of carbonyl (C=O) groups is 1. The Kier molecular flexibility index (Phi) is 3.92. The molecule has 0 saturated carbocycles. The second-order valence-electron chi connectivity index (χ2n) is 8.75. The Morgan fingerprint density at radius 3 is 2.33 bits per heavy atom. The van der Waals surface area contributed by atoms with E-state index in [0.29, 0.717) is 0 Å². The SMILES string of the molecule is C=CC1C(c2ccccc2)=C2c3ccccc3N(C)C(=O)C2(C)CC1(C)C. The van der Waals surface area contributed by atoms with Gasteiger partial charge in [-0.3, -0.25) is 4.79 Å². The highest BCUT2D eigenvalue weighted by Gasteiger charge is 2.54. The first-order chi connectivity index (χ1) is 12.8. The van der Waals surface area contributed by atoms with Gasteiger partial charge >= 0.3 is 0 Å². The van der Waals surface area contributed by atoms with Crippen LogP contribution in [0.1, 0.15) is 38.3 Å². The normalized spacial score (nSPS) is 26.4. The molecule has 4 rings (SSSR count). The van der Waals surface area contributed by atoms with E-state index in [1.165, 1.54) is 22.3 Å². The van der Waals surface area contributed by atoms with Crippen LogP contribution in [0.5, 0.6) is 0 Å². The average Bonchev–Trinajstić information content (AvgIpc) is 2.65. The molecule has 2 aliphatic rings. The molecule has 0 N–H and O–H groups in total. The fourth-order valence-electron chi connectivity index (χ4n) is 5.41. The number of para-hydroxylation sites is 1. The molecule has 1 amide bonds. The van der Waals surface area contributed by atoms with Crippen LogP contribution in [0.3, 0.4) is 0 Å². The van der Waals surface area contributed by atoms with Crippen molar-refractivity contribution in [3.05, 3.63) is 78.4 Å². The molecule has 0 bridgehead atoms. The van der Waals surface area contributed by atoms with E-state index in [1.807, 2.05) is 30.1 Å². The topological polar surface area (TPSA) is 20.3 Å². The molecular formula is C25H27NO. The number of hydrogen-bond donors (Lipinski definition) is 0. The Bertz CT molecular complexity index is 953. The number of nitrogens with zero attached hydrogens (tertiary/aromatic N) is 1. The van der Waals surface area contributed by atoms with E-state index >= 15 is 0 Å². The van der Waals surface area contributed by atoms with E-state index in [9.17, 15) is 4.79 Å². The van der Waals surface area contributed by atoms with Gasteiger partial charge in [-0.1, -0.05) is 68.5 Å². The number of anilines is 1. The fourth-order valence-corrected chi connectivity index (χ4v) is 5.41. The van der Waals surface area contributed by atoms with Gasteiger partial charge in [0.25, 0.3) is 0 Å². The van der Waals surface area contributed by atoms with Gasteiger partial charge in [0.15, 0.2) is 0 Å². The van der Waals surface area contributed by atoms with Crippen molar-refractivity contribution < 1.29 is 4.79 Å². The predicted octanol–water partition coefficient (Wildman–Crippen LogP) is 5.81. The van der Waals surface area contributed by atoms with Gasteiger partial charge in [-0.2, -0.15) is 0 Å². The molecule has 0 saturated heterocycles. The van der Waals surface area contributed by atoms with Crippen LogP contribution >= 0.6 is 0 Å². The minimum absolute atomic E-state index is 0.0615. The number of fused-ring (bicyclic) bond motifs is 3. The molecule has 2 atom stereocenters. The molecule has 2 aromatic carbocycles. The summed E-state index contributed by atoms with van der Waals surface area (Å²) in [5.74, 6) is 0.368. The first-order valence-electron chi connectivity index (χ1n) is 9.61. The van der Waals surface area contributed by atoms with Crippen LogP contribution in [-0.2, 0) is 4.79 Å². The zero-order valence-electron chi connectivity index (χ0n) is 16.6. The van der Waals surface area contributed by atoms with Crippen LogP contribution in [0.2, 0.25) is 0 Å². The standard InChI is InChI=1S/C25H27NO/c1-6-19-21(17-12-8-7-9-13-17)22-18-14-10-11-15-20(18)26(5)23(27)25(22,4)16-24(19,2)3/h6-15,19H,1,16H2,2-5H3. The molecule has 138 valence electrons. The Morgan fingerprint density at radius 1 is 1.04 bits per heavy atom. The maximum absolute atomic E-state index is 13.6. The Morgan fingerprint density at radius 2 is 1.67 bits per heavy atom. The molecule has 1 aliphatic heterocycles. The summed E-state index contributed by atoms with van der Waals surface area (Å²) in [6.07, 6.45) is 2.88. The summed E-state index contributed by atoms with van der Waals surface area (Å²) in [6.45, 7) is 10.8. The van der Waals surface area contributed by atoms with Crippen molar-refractivity contribution in [3.63, 3.8) is 0 Å². The molecule has 0 spiro atoms. The number of allylic oxidation sites excluding steroid dienone is 2. The predicted molar refractivity (Wildman–Crippen MR) is 113 cm³/mol. The van der Waals surface area contributed by atoms with Crippen molar-refractivity contribution in [2.75, 3.05) is 11.9 Å². The van der Waals surface area contributed by atoms with Crippen LogP contribution in [0.15, 0.2) is 67.3 Å². The van der Waals surface area contributed by atoms with Crippen molar-refractivity contribution in [2.45, 2.75) is 27.2 Å². The summed E-state index contributed by atoms with van der Waals surface area (Å²) in [7, 11) is 1.90. The number of benzene rings is 2. The van der Waals surface area contributed by atoms with Gasteiger partial charge < -0.3 is 4.90 Å². The molecule has 2 heteroatoms. The van der Waals surface area contributed by atoms with Gasteiger partial charge in [0.2, 0.25) is 5.91 Å². The number of amides is 1. The molecule has 1 aliphatic carbocycles. The fraction of sp³-hybridized carbons (Fsp3) is 0.320. The number of hydrogen-bond acceptors (Lipinski definition) is 1. The molecule has 0 aromatic heterocycles. The summed E-state index contributed by atoms with van der Waals surface area (Å²) < 4.78 is 0. The molecule has 1 heterocycles. The van der Waals surface area contributed by atoms with Crippen LogP contribution in [0.4, 0.5) is 5.69 Å². The summed E-state index contributed by atoms with van der Waals surface area (Å²) in [4.78, 5) is 15.4. The molecule has 2 nitrogen and oxygen atoms in total. The van der Waals surface area contributed by atoms with Gasteiger partial charge in [-0.25, -0.2) is 0 Å². The van der Waals surface area contributed by atoms with Crippen molar-refractivity contribution in [1.82, 2.24) is 0 Å². The lowest BCUT2D eigenvalue weighted by Gasteiger charge is -2.52. The Labute approximate surface area is 162 Å². The van der Waals surface area contributed by atoms with Crippen LogP contribution in [-0.4, -0.2) is 13.0 Å². The molecule has 27 heavy (non-hydrogen) atoms. The molecule has 2 aromatic rings. The minimum atomic E-state index is -0.544. The van der Waals surface area contributed by atoms with Crippen molar-refractivity contribution in [2.24, 2.45) is 16.7 Å². The number of carbonyl (C=O) groups excluding carboxylic acids is 1. The lowest BCUT2D eigenvalue weighted by atomic mass is 9.53. The first kappa shape index (κ1) is 17.8. The molecule has 0 fully saturated rings. The molecular weight excluding hydrogens is 330 g/mol. The van der Waals surface area contributed by atoms with E-state index in [-0.39, 0.29) is 17.2 Å². The minimum Gasteiger partial charge on any atom is -0.314 e. The second kappa shape index (κ2) is 5.95. The highest BCUT2D eigenvalue weighted by atomic mass is 16.2. The van der Waals surface area contributed by atoms with Crippen LogP contribution in [0, 0.1) is 16.7 Å². The van der Waals surface area contributed by atoms with Crippen molar-refractivity contribution in [3.8, 4) is 0 Å². The average molecular weight is 357 g/mol. The zero-order valence-corrected chi connectivity index (χ0v) is 16.6. The number of rotatable bonds is 2. The Hall–Kier alpha value is -2.61.